The monoisotopic (exact) mass is 496 g/mol. The van der Waals surface area contributed by atoms with Gasteiger partial charge in [0.25, 0.3) is 20.2 Å². The first-order valence-corrected chi connectivity index (χ1v) is 13.7. The van der Waals surface area contributed by atoms with Gasteiger partial charge in [-0.1, -0.05) is 11.8 Å². The van der Waals surface area contributed by atoms with Gasteiger partial charge in [-0.25, -0.2) is 0 Å². The number of hydrogen-bond donors (Lipinski definition) is 2. The zero-order valence-corrected chi connectivity index (χ0v) is 19.1. The van der Waals surface area contributed by atoms with E-state index in [1.165, 1.54) is 0 Å². The van der Waals surface area contributed by atoms with Crippen molar-refractivity contribution in [3.63, 3.8) is 0 Å². The SMILES string of the molecule is Cc1nn(C2CCC(S(=O)(=O)O)CC2)cc1N=Nc1nc(SCCS(=O)(=O)O)ns1. The summed E-state index contributed by atoms with van der Waals surface area (Å²) in [5, 5.41) is 12.6. The molecule has 1 fully saturated rings. The van der Waals surface area contributed by atoms with Crippen molar-refractivity contribution in [1.82, 2.24) is 19.1 Å². The molecule has 2 heterocycles. The third-order valence-electron chi connectivity index (χ3n) is 4.54. The summed E-state index contributed by atoms with van der Waals surface area (Å²) in [5.41, 5.74) is 1.20. The zero-order valence-electron chi connectivity index (χ0n) is 15.8. The highest BCUT2D eigenvalue weighted by Gasteiger charge is 2.30. The minimum atomic E-state index is -4.02. The second-order valence-electron chi connectivity index (χ2n) is 6.72. The Labute approximate surface area is 181 Å². The average molecular weight is 497 g/mol. The van der Waals surface area contributed by atoms with Gasteiger partial charge in [0, 0.05) is 17.3 Å². The maximum atomic E-state index is 11.3. The molecule has 0 atom stereocenters. The van der Waals surface area contributed by atoms with Gasteiger partial charge < -0.3 is 0 Å². The van der Waals surface area contributed by atoms with E-state index in [9.17, 15) is 21.4 Å². The Balaban J connectivity index is 1.59. The predicted octanol–water partition coefficient (Wildman–Crippen LogP) is 2.81. The number of aromatic nitrogens is 4. The van der Waals surface area contributed by atoms with E-state index in [1.807, 2.05) is 0 Å². The number of azo groups is 1. The molecule has 3 rings (SSSR count). The van der Waals surface area contributed by atoms with Crippen molar-refractivity contribution in [2.45, 2.75) is 49.1 Å². The highest BCUT2D eigenvalue weighted by atomic mass is 32.2. The molecule has 16 heteroatoms. The van der Waals surface area contributed by atoms with Crippen LogP contribution in [0.25, 0.3) is 0 Å². The molecule has 0 bridgehead atoms. The first-order valence-electron chi connectivity index (χ1n) is 8.87. The number of aryl methyl sites for hydroxylation is 1. The van der Waals surface area contributed by atoms with Crippen molar-refractivity contribution >= 4 is 54.3 Å². The summed E-state index contributed by atoms with van der Waals surface area (Å²) in [6, 6.07) is 0.0259. The average Bonchev–Trinajstić information content (AvgIpc) is 3.25. The molecule has 0 aliphatic heterocycles. The van der Waals surface area contributed by atoms with Crippen LogP contribution in [0.3, 0.4) is 0 Å². The smallest absolute Gasteiger partial charge is 0.267 e. The number of rotatable bonds is 8. The maximum absolute atomic E-state index is 11.3. The van der Waals surface area contributed by atoms with E-state index in [0.29, 0.717) is 47.4 Å². The van der Waals surface area contributed by atoms with E-state index >= 15 is 0 Å². The van der Waals surface area contributed by atoms with Gasteiger partial charge in [0.05, 0.1) is 28.9 Å². The van der Waals surface area contributed by atoms with Crippen LogP contribution < -0.4 is 0 Å². The summed E-state index contributed by atoms with van der Waals surface area (Å²) in [7, 11) is -8.03. The van der Waals surface area contributed by atoms with Crippen LogP contribution in [0, 0.1) is 6.92 Å². The van der Waals surface area contributed by atoms with E-state index < -0.39 is 31.2 Å². The lowest BCUT2D eigenvalue weighted by atomic mass is 9.95. The van der Waals surface area contributed by atoms with Crippen molar-refractivity contribution in [3.8, 4) is 0 Å². The van der Waals surface area contributed by atoms with Crippen LogP contribution >= 0.6 is 23.3 Å². The summed E-state index contributed by atoms with van der Waals surface area (Å²) in [4.78, 5) is 4.13. The topological polar surface area (TPSA) is 177 Å². The molecule has 1 saturated carbocycles. The quantitative estimate of drug-likeness (QED) is 0.314. The molecule has 0 unspecified atom stereocenters. The van der Waals surface area contributed by atoms with E-state index in [0.717, 1.165) is 23.3 Å². The van der Waals surface area contributed by atoms with Gasteiger partial charge in [0.15, 0.2) is 0 Å². The molecular weight excluding hydrogens is 476 g/mol. The Kier molecular flexibility index (Phi) is 7.24. The molecule has 0 aromatic carbocycles. The molecule has 0 radical (unpaired) electrons. The highest BCUT2D eigenvalue weighted by molar-refractivity contribution is 8.00. The summed E-state index contributed by atoms with van der Waals surface area (Å²) in [6.45, 7) is 1.78. The second kappa shape index (κ2) is 9.35. The minimum absolute atomic E-state index is 0.0259. The van der Waals surface area contributed by atoms with E-state index in [2.05, 4.69) is 24.7 Å². The molecule has 1 aliphatic carbocycles. The number of thioether (sulfide) groups is 1. The second-order valence-corrected chi connectivity index (χ2v) is 11.8. The Bertz CT molecular complexity index is 1120. The molecule has 12 nitrogen and oxygen atoms in total. The standard InChI is InChI=1S/C14H20N6O6S4/c1-9-12(8-20(18-9)10-2-4-11(5-3-10)30(24,25)26)16-17-13-15-14(19-28-13)27-6-7-29(21,22)23/h8,10-11H,2-7H2,1H3,(H,21,22,23)(H,24,25,26). The first-order chi connectivity index (χ1) is 14.0. The number of nitrogens with zero attached hydrogens (tertiary/aromatic N) is 6. The molecule has 2 N–H and O–H groups in total. The lowest BCUT2D eigenvalue weighted by molar-refractivity contribution is 0.319. The van der Waals surface area contributed by atoms with Gasteiger partial charge in [0.1, 0.15) is 5.69 Å². The Hall–Kier alpha value is -1.46. The van der Waals surface area contributed by atoms with Gasteiger partial charge in [-0.05, 0) is 32.6 Å². The van der Waals surface area contributed by atoms with Crippen molar-refractivity contribution in [2.24, 2.45) is 10.2 Å². The van der Waals surface area contributed by atoms with Gasteiger partial charge in [-0.2, -0.15) is 31.3 Å². The summed E-state index contributed by atoms with van der Waals surface area (Å²) in [5.74, 6) is -0.268. The molecule has 166 valence electrons. The van der Waals surface area contributed by atoms with Gasteiger partial charge in [-0.15, -0.1) is 10.2 Å². The number of hydrogen-bond acceptors (Lipinski definition) is 11. The third-order valence-corrected chi connectivity index (χ3v) is 8.40. The summed E-state index contributed by atoms with van der Waals surface area (Å²) >= 11 is 2.10. The zero-order chi connectivity index (χ0) is 21.9. The van der Waals surface area contributed by atoms with Crippen LogP contribution in [-0.4, -0.2) is 61.8 Å². The molecular formula is C14H20N6O6S4. The molecule has 2 aromatic rings. The van der Waals surface area contributed by atoms with Gasteiger partial charge >= 0.3 is 0 Å². The predicted molar refractivity (Wildman–Crippen MR) is 111 cm³/mol. The largest absolute Gasteiger partial charge is 0.286 e. The van der Waals surface area contributed by atoms with Crippen LogP contribution in [0.15, 0.2) is 21.6 Å². The summed E-state index contributed by atoms with van der Waals surface area (Å²) < 4.78 is 67.7. The third kappa shape index (κ3) is 6.52. The fraction of sp³-hybridized carbons (Fsp3) is 0.643. The van der Waals surface area contributed by atoms with E-state index in [4.69, 9.17) is 4.55 Å². The van der Waals surface area contributed by atoms with Crippen LogP contribution in [0.4, 0.5) is 10.8 Å². The van der Waals surface area contributed by atoms with E-state index in [-0.39, 0.29) is 11.8 Å². The minimum Gasteiger partial charge on any atom is -0.286 e. The Morgan fingerprint density at radius 3 is 2.53 bits per heavy atom. The van der Waals surface area contributed by atoms with E-state index in [1.54, 1.807) is 17.8 Å². The fourth-order valence-corrected chi connectivity index (χ4v) is 6.16. The first kappa shape index (κ1) is 23.2. The normalized spacial score (nSPS) is 20.8. The molecule has 1 aliphatic rings. The lowest BCUT2D eigenvalue weighted by Crippen LogP contribution is -2.28. The van der Waals surface area contributed by atoms with Crippen LogP contribution in [0.5, 0.6) is 0 Å². The fourth-order valence-electron chi connectivity index (χ4n) is 3.00. The van der Waals surface area contributed by atoms with Gasteiger partial charge in [-0.3, -0.25) is 13.8 Å². The molecule has 2 aromatic heterocycles. The van der Waals surface area contributed by atoms with Crippen molar-refractivity contribution < 1.29 is 25.9 Å². The van der Waals surface area contributed by atoms with Crippen molar-refractivity contribution in [1.29, 1.82) is 0 Å². The van der Waals surface area contributed by atoms with Crippen LogP contribution in [0.2, 0.25) is 0 Å². The molecule has 30 heavy (non-hydrogen) atoms. The molecule has 0 amide bonds. The molecule has 0 saturated heterocycles. The Morgan fingerprint density at radius 2 is 1.90 bits per heavy atom. The maximum Gasteiger partial charge on any atom is 0.267 e. The summed E-state index contributed by atoms with van der Waals surface area (Å²) in [6.07, 6.45) is 3.66. The van der Waals surface area contributed by atoms with Gasteiger partial charge in [0.2, 0.25) is 10.3 Å². The molecule has 0 spiro atoms. The lowest BCUT2D eigenvalue weighted by Gasteiger charge is -2.26. The van der Waals surface area contributed by atoms with Crippen molar-refractivity contribution in [3.05, 3.63) is 11.9 Å². The van der Waals surface area contributed by atoms with Crippen LogP contribution in [0.1, 0.15) is 37.4 Å². The van der Waals surface area contributed by atoms with Crippen LogP contribution in [-0.2, 0) is 20.2 Å². The highest BCUT2D eigenvalue weighted by Crippen LogP contribution is 2.33. The van der Waals surface area contributed by atoms with Crippen molar-refractivity contribution in [2.75, 3.05) is 11.5 Å². The Morgan fingerprint density at radius 1 is 1.20 bits per heavy atom.